The van der Waals surface area contributed by atoms with Gasteiger partial charge in [-0.15, -0.1) is 0 Å². The number of methoxy groups -OCH3 is 1. The summed E-state index contributed by atoms with van der Waals surface area (Å²) in [6.07, 6.45) is 1.45. The van der Waals surface area contributed by atoms with Crippen molar-refractivity contribution in [2.24, 2.45) is 5.10 Å². The van der Waals surface area contributed by atoms with Crippen LogP contribution >= 0.6 is 15.9 Å². The lowest BCUT2D eigenvalue weighted by molar-refractivity contribution is 0.0697. The summed E-state index contributed by atoms with van der Waals surface area (Å²) in [5.41, 5.74) is 4.61. The van der Waals surface area contributed by atoms with E-state index in [9.17, 15) is 9.59 Å². The number of hydrogen-bond acceptors (Lipinski definition) is 5. The van der Waals surface area contributed by atoms with E-state index in [1.54, 1.807) is 42.5 Å². The maximum absolute atomic E-state index is 12.0. The van der Waals surface area contributed by atoms with Gasteiger partial charge < -0.3 is 19.9 Å². The largest absolute Gasteiger partial charge is 0.493 e. The Balaban J connectivity index is 1.66. The van der Waals surface area contributed by atoms with Crippen molar-refractivity contribution in [2.45, 2.75) is 6.61 Å². The minimum atomic E-state index is -0.989. The summed E-state index contributed by atoms with van der Waals surface area (Å²) >= 11 is 3.34. The number of carbonyl (C=O) groups is 2. The summed E-state index contributed by atoms with van der Waals surface area (Å²) in [5, 5.41) is 15.7. The number of hydrazone groups is 1. The number of ether oxygens (including phenoxy) is 2. The molecule has 0 unspecified atom stereocenters. The third-order valence-electron chi connectivity index (χ3n) is 4.29. The molecule has 0 bridgehead atoms. The Labute approximate surface area is 193 Å². The fourth-order valence-electron chi connectivity index (χ4n) is 2.70. The zero-order valence-corrected chi connectivity index (χ0v) is 18.6. The summed E-state index contributed by atoms with van der Waals surface area (Å²) in [6, 6.07) is 18.3. The number of para-hydroxylation sites is 1. The topological polar surface area (TPSA) is 109 Å². The molecule has 0 saturated carbocycles. The number of urea groups is 1. The smallest absolute Gasteiger partial charge is 0.339 e. The second kappa shape index (κ2) is 11.0. The Morgan fingerprint density at radius 2 is 1.78 bits per heavy atom. The number of carbonyl (C=O) groups excluding carboxylic acids is 1. The molecule has 0 aliphatic heterocycles. The maximum Gasteiger partial charge on any atom is 0.339 e. The van der Waals surface area contributed by atoms with Gasteiger partial charge in [-0.1, -0.05) is 34.1 Å². The highest BCUT2D eigenvalue weighted by Crippen LogP contribution is 2.30. The zero-order chi connectivity index (χ0) is 22.9. The van der Waals surface area contributed by atoms with Crippen LogP contribution in [0.25, 0.3) is 0 Å². The van der Waals surface area contributed by atoms with Crippen LogP contribution in [0.5, 0.6) is 11.5 Å². The molecule has 0 spiro atoms. The fourth-order valence-corrected chi connectivity index (χ4v) is 2.97. The summed E-state index contributed by atoms with van der Waals surface area (Å²) in [5.74, 6) is -0.0519. The Hall–Kier alpha value is -3.85. The van der Waals surface area contributed by atoms with Gasteiger partial charge in [0.1, 0.15) is 6.61 Å². The molecule has 3 aromatic carbocycles. The second-order valence-corrected chi connectivity index (χ2v) is 7.42. The number of hydrogen-bond donors (Lipinski definition) is 3. The quantitative estimate of drug-likeness (QED) is 0.303. The lowest BCUT2D eigenvalue weighted by atomic mass is 10.1. The number of carboxylic acid groups (broad SMARTS) is 1. The van der Waals surface area contributed by atoms with E-state index < -0.39 is 12.0 Å². The molecule has 3 aromatic rings. The van der Waals surface area contributed by atoms with Gasteiger partial charge in [-0.05, 0) is 54.1 Å². The van der Waals surface area contributed by atoms with Crippen molar-refractivity contribution in [3.63, 3.8) is 0 Å². The standard InChI is InChI=1S/C23H20BrN3O5/c1-31-20-4-2-3-17(13-25-27-23(30)26-19-11-9-18(24)10-12-19)21(20)32-14-15-5-7-16(8-6-15)22(28)29/h2-13H,14H2,1H3,(H,28,29)(H2,26,27,30)/b25-13+. The van der Waals surface area contributed by atoms with Gasteiger partial charge in [-0.2, -0.15) is 5.10 Å². The Bertz CT molecular complexity index is 1120. The second-order valence-electron chi connectivity index (χ2n) is 6.50. The monoisotopic (exact) mass is 497 g/mol. The SMILES string of the molecule is COc1cccc(/C=N/NC(=O)Nc2ccc(Br)cc2)c1OCc1ccc(C(=O)O)cc1. The van der Waals surface area contributed by atoms with Crippen LogP contribution in [-0.4, -0.2) is 30.4 Å². The molecule has 32 heavy (non-hydrogen) atoms. The minimum Gasteiger partial charge on any atom is -0.493 e. The first-order valence-corrected chi connectivity index (χ1v) is 10.2. The number of benzene rings is 3. The number of nitrogens with zero attached hydrogens (tertiary/aromatic N) is 1. The average molecular weight is 498 g/mol. The molecule has 0 radical (unpaired) electrons. The van der Waals surface area contributed by atoms with Gasteiger partial charge >= 0.3 is 12.0 Å². The van der Waals surface area contributed by atoms with Gasteiger partial charge in [0.05, 0.1) is 18.9 Å². The van der Waals surface area contributed by atoms with Crippen molar-refractivity contribution in [3.05, 3.63) is 87.9 Å². The van der Waals surface area contributed by atoms with Crippen LogP contribution in [0.2, 0.25) is 0 Å². The van der Waals surface area contributed by atoms with Gasteiger partial charge in [0.25, 0.3) is 0 Å². The lowest BCUT2D eigenvalue weighted by Crippen LogP contribution is -2.24. The van der Waals surface area contributed by atoms with E-state index in [0.717, 1.165) is 10.0 Å². The molecule has 0 heterocycles. The number of halogens is 1. The number of anilines is 1. The highest BCUT2D eigenvalue weighted by molar-refractivity contribution is 9.10. The summed E-state index contributed by atoms with van der Waals surface area (Å²) in [6.45, 7) is 0.193. The molecule has 164 valence electrons. The van der Waals surface area contributed by atoms with Crippen LogP contribution < -0.4 is 20.2 Å². The average Bonchev–Trinajstić information content (AvgIpc) is 2.79. The Kier molecular flexibility index (Phi) is 7.82. The first-order valence-electron chi connectivity index (χ1n) is 9.44. The first kappa shape index (κ1) is 22.8. The van der Waals surface area contributed by atoms with Gasteiger partial charge in [0, 0.05) is 15.7 Å². The van der Waals surface area contributed by atoms with Crippen LogP contribution in [-0.2, 0) is 6.61 Å². The van der Waals surface area contributed by atoms with Crippen molar-refractivity contribution in [1.82, 2.24) is 5.43 Å². The van der Waals surface area contributed by atoms with Crippen LogP contribution in [0.3, 0.4) is 0 Å². The van der Waals surface area contributed by atoms with Gasteiger partial charge in [-0.3, -0.25) is 0 Å². The van der Waals surface area contributed by atoms with Crippen molar-refractivity contribution < 1.29 is 24.2 Å². The molecular formula is C23H20BrN3O5. The molecule has 3 N–H and O–H groups in total. The summed E-state index contributed by atoms with van der Waals surface area (Å²) in [7, 11) is 1.52. The van der Waals surface area contributed by atoms with Crippen molar-refractivity contribution in [2.75, 3.05) is 12.4 Å². The normalized spacial score (nSPS) is 10.6. The first-order chi connectivity index (χ1) is 15.5. The predicted octanol–water partition coefficient (Wildman–Crippen LogP) is 4.89. The van der Waals surface area contributed by atoms with Crippen LogP contribution in [0.15, 0.2) is 76.3 Å². The number of carboxylic acids is 1. The van der Waals surface area contributed by atoms with Gasteiger partial charge in [0.15, 0.2) is 11.5 Å². The molecule has 0 aliphatic carbocycles. The maximum atomic E-state index is 12.0. The van der Waals surface area contributed by atoms with E-state index in [-0.39, 0.29) is 12.2 Å². The van der Waals surface area contributed by atoms with Gasteiger partial charge in [-0.25, -0.2) is 15.0 Å². The van der Waals surface area contributed by atoms with Crippen molar-refractivity contribution in [3.8, 4) is 11.5 Å². The third-order valence-corrected chi connectivity index (χ3v) is 4.81. The molecule has 9 heteroatoms. The number of amides is 2. The number of aromatic carboxylic acids is 1. The number of nitrogens with one attached hydrogen (secondary N) is 2. The molecule has 3 rings (SSSR count). The zero-order valence-electron chi connectivity index (χ0n) is 17.0. The molecule has 0 atom stereocenters. The third kappa shape index (κ3) is 6.32. The number of rotatable bonds is 8. The lowest BCUT2D eigenvalue weighted by Gasteiger charge is -2.13. The summed E-state index contributed by atoms with van der Waals surface area (Å²) < 4.78 is 12.2. The predicted molar refractivity (Wildman–Crippen MR) is 125 cm³/mol. The highest BCUT2D eigenvalue weighted by Gasteiger charge is 2.10. The van der Waals surface area contributed by atoms with Crippen LogP contribution in [0, 0.1) is 0 Å². The molecule has 0 aromatic heterocycles. The van der Waals surface area contributed by atoms with Crippen LogP contribution in [0.1, 0.15) is 21.5 Å². The van der Waals surface area contributed by atoms with Gasteiger partial charge in [0.2, 0.25) is 0 Å². The molecule has 0 aliphatic rings. The summed E-state index contributed by atoms with van der Waals surface area (Å²) in [4.78, 5) is 23.0. The van der Waals surface area contributed by atoms with E-state index in [1.807, 2.05) is 12.1 Å². The van der Waals surface area contributed by atoms with E-state index in [0.29, 0.717) is 22.7 Å². The van der Waals surface area contributed by atoms with E-state index in [2.05, 4.69) is 31.8 Å². The molecular weight excluding hydrogens is 478 g/mol. The fraction of sp³-hybridized carbons (Fsp3) is 0.0870. The molecule has 8 nitrogen and oxygen atoms in total. The minimum absolute atomic E-state index is 0.193. The van der Waals surface area contributed by atoms with E-state index in [4.69, 9.17) is 14.6 Å². The molecule has 0 fully saturated rings. The van der Waals surface area contributed by atoms with Crippen molar-refractivity contribution in [1.29, 1.82) is 0 Å². The molecule has 2 amide bonds. The Morgan fingerprint density at radius 1 is 1.06 bits per heavy atom. The molecule has 0 saturated heterocycles. The van der Waals surface area contributed by atoms with Crippen LogP contribution in [0.4, 0.5) is 10.5 Å². The van der Waals surface area contributed by atoms with Crippen molar-refractivity contribution >= 4 is 39.8 Å². The Morgan fingerprint density at radius 3 is 2.44 bits per heavy atom. The van der Waals surface area contributed by atoms with E-state index in [1.165, 1.54) is 25.5 Å². The highest BCUT2D eigenvalue weighted by atomic mass is 79.9. The van der Waals surface area contributed by atoms with E-state index >= 15 is 0 Å².